The fourth-order valence-electron chi connectivity index (χ4n) is 1.71. The van der Waals surface area contributed by atoms with E-state index in [2.05, 4.69) is 0 Å². The molecule has 0 aliphatic heterocycles. The molecule has 0 heterocycles. The van der Waals surface area contributed by atoms with E-state index in [1.54, 1.807) is 0 Å². The van der Waals surface area contributed by atoms with Crippen molar-refractivity contribution in [1.82, 2.24) is 0 Å². The van der Waals surface area contributed by atoms with Crippen molar-refractivity contribution in [1.29, 1.82) is 0 Å². The third-order valence-electron chi connectivity index (χ3n) is 2.76. The Morgan fingerprint density at radius 3 is 2.18 bits per heavy atom. The van der Waals surface area contributed by atoms with Crippen LogP contribution in [0.3, 0.4) is 0 Å². The summed E-state index contributed by atoms with van der Waals surface area (Å²) in [4.78, 5) is 11.8. The highest BCUT2D eigenvalue weighted by Crippen LogP contribution is 2.34. The Morgan fingerprint density at radius 2 is 1.64 bits per heavy atom. The molecule has 2 aromatic carbocycles. The topological polar surface area (TPSA) is 49.3 Å². The van der Waals surface area contributed by atoms with Gasteiger partial charge in [-0.05, 0) is 30.3 Å². The highest BCUT2D eigenvalue weighted by Gasteiger charge is 2.31. The molecule has 0 bridgehead atoms. The maximum absolute atomic E-state index is 13.4. The summed E-state index contributed by atoms with van der Waals surface area (Å²) in [5.74, 6) is -4.34. The molecule has 1 amide bonds. The molecule has 0 saturated heterocycles. The number of carbonyl (C=O) groups is 1. The fraction of sp³-hybridized carbons (Fsp3) is 0.0714. The smallest absolute Gasteiger partial charge is 0.416 e. The van der Waals surface area contributed by atoms with Crippen molar-refractivity contribution in [2.24, 2.45) is 0 Å². The lowest BCUT2D eigenvalue weighted by Crippen LogP contribution is -2.16. The third kappa shape index (κ3) is 3.16. The molecule has 0 atom stereocenters. The van der Waals surface area contributed by atoms with Gasteiger partial charge in [0.1, 0.15) is 22.9 Å². The molecule has 8 heteroatoms. The highest BCUT2D eigenvalue weighted by molar-refractivity contribution is 6.05. The predicted molar refractivity (Wildman–Crippen MR) is 67.4 cm³/mol. The van der Waals surface area contributed by atoms with E-state index in [1.807, 2.05) is 5.32 Å². The standard InChI is InChI=1S/C14H8F5NO2/c15-8-2-1-3-9(16)12(8)13(22)20-10-6-7(14(17,18)19)4-5-11(10)21/h1-6,21H,(H,20,22). The maximum atomic E-state index is 13.4. The van der Waals surface area contributed by atoms with Crippen LogP contribution >= 0.6 is 0 Å². The quantitative estimate of drug-likeness (QED) is 0.651. The maximum Gasteiger partial charge on any atom is 0.416 e. The van der Waals surface area contributed by atoms with Crippen molar-refractivity contribution >= 4 is 11.6 Å². The molecule has 0 fully saturated rings. The lowest BCUT2D eigenvalue weighted by atomic mass is 10.1. The largest absolute Gasteiger partial charge is 0.506 e. The number of nitrogens with one attached hydrogen (secondary N) is 1. The number of phenolic OH excluding ortho intramolecular Hbond substituents is 1. The number of rotatable bonds is 2. The number of aromatic hydroxyl groups is 1. The van der Waals surface area contributed by atoms with Crippen molar-refractivity contribution in [3.63, 3.8) is 0 Å². The highest BCUT2D eigenvalue weighted by atomic mass is 19.4. The van der Waals surface area contributed by atoms with E-state index in [0.29, 0.717) is 12.1 Å². The van der Waals surface area contributed by atoms with E-state index in [9.17, 15) is 31.9 Å². The zero-order chi connectivity index (χ0) is 16.5. The van der Waals surface area contributed by atoms with Gasteiger partial charge in [-0.2, -0.15) is 13.2 Å². The summed E-state index contributed by atoms with van der Waals surface area (Å²) in [5.41, 5.74) is -2.70. The van der Waals surface area contributed by atoms with Crippen molar-refractivity contribution in [3.05, 3.63) is 59.2 Å². The second-order valence-electron chi connectivity index (χ2n) is 4.28. The Labute approximate surface area is 121 Å². The summed E-state index contributed by atoms with van der Waals surface area (Å²) in [6, 6.07) is 4.47. The number of benzene rings is 2. The van der Waals surface area contributed by atoms with Crippen molar-refractivity contribution < 1.29 is 31.9 Å². The molecule has 0 aromatic heterocycles. The van der Waals surface area contributed by atoms with Crippen molar-refractivity contribution in [3.8, 4) is 5.75 Å². The van der Waals surface area contributed by atoms with Crippen LogP contribution in [0, 0.1) is 11.6 Å². The van der Waals surface area contributed by atoms with Crippen LogP contribution in [0.25, 0.3) is 0 Å². The van der Waals surface area contributed by atoms with Gasteiger partial charge in [0, 0.05) is 0 Å². The minimum atomic E-state index is -4.70. The van der Waals surface area contributed by atoms with Crippen LogP contribution < -0.4 is 5.32 Å². The first-order chi connectivity index (χ1) is 10.2. The van der Waals surface area contributed by atoms with E-state index in [1.165, 1.54) is 0 Å². The first-order valence-corrected chi connectivity index (χ1v) is 5.85. The summed E-state index contributed by atoms with van der Waals surface area (Å²) in [5, 5.41) is 11.3. The number of halogens is 5. The summed E-state index contributed by atoms with van der Waals surface area (Å²) < 4.78 is 64.6. The first kappa shape index (κ1) is 15.7. The third-order valence-corrected chi connectivity index (χ3v) is 2.76. The molecule has 0 aliphatic carbocycles. The Hall–Kier alpha value is -2.64. The van der Waals surface area contributed by atoms with Crippen molar-refractivity contribution in [2.45, 2.75) is 6.18 Å². The van der Waals surface area contributed by atoms with Crippen molar-refractivity contribution in [2.75, 3.05) is 5.32 Å². The normalized spacial score (nSPS) is 11.3. The average molecular weight is 317 g/mol. The molecule has 22 heavy (non-hydrogen) atoms. The summed E-state index contributed by atoms with van der Waals surface area (Å²) in [6.45, 7) is 0. The lowest BCUT2D eigenvalue weighted by molar-refractivity contribution is -0.137. The van der Waals surface area contributed by atoms with Crippen LogP contribution in [-0.2, 0) is 6.18 Å². The molecule has 116 valence electrons. The van der Waals surface area contributed by atoms with Crippen LogP contribution in [0.15, 0.2) is 36.4 Å². The van der Waals surface area contributed by atoms with Crippen LogP contribution in [-0.4, -0.2) is 11.0 Å². The van der Waals surface area contributed by atoms with E-state index in [-0.39, 0.29) is 0 Å². The van der Waals surface area contributed by atoms with Crippen LogP contribution in [0.1, 0.15) is 15.9 Å². The average Bonchev–Trinajstić information content (AvgIpc) is 2.39. The van der Waals surface area contributed by atoms with E-state index < -0.39 is 46.3 Å². The zero-order valence-electron chi connectivity index (χ0n) is 10.7. The van der Waals surface area contributed by atoms with Crippen LogP contribution in [0.2, 0.25) is 0 Å². The monoisotopic (exact) mass is 317 g/mol. The predicted octanol–water partition coefficient (Wildman–Crippen LogP) is 3.94. The van der Waals surface area contributed by atoms with Gasteiger partial charge in [-0.15, -0.1) is 0 Å². The number of anilines is 1. The van der Waals surface area contributed by atoms with Crippen LogP contribution in [0.4, 0.5) is 27.6 Å². The van der Waals surface area contributed by atoms with Gasteiger partial charge in [-0.25, -0.2) is 8.78 Å². The number of alkyl halides is 3. The van der Waals surface area contributed by atoms with E-state index >= 15 is 0 Å². The number of hydrogen-bond donors (Lipinski definition) is 2. The first-order valence-electron chi connectivity index (χ1n) is 5.85. The fourth-order valence-corrected chi connectivity index (χ4v) is 1.71. The zero-order valence-corrected chi connectivity index (χ0v) is 10.7. The molecular weight excluding hydrogens is 309 g/mol. The molecule has 2 N–H and O–H groups in total. The second-order valence-corrected chi connectivity index (χ2v) is 4.28. The molecule has 3 nitrogen and oxygen atoms in total. The number of carbonyl (C=O) groups excluding carboxylic acids is 1. The Bertz CT molecular complexity index is 707. The molecular formula is C14H8F5NO2. The van der Waals surface area contributed by atoms with E-state index in [0.717, 1.165) is 24.3 Å². The Balaban J connectivity index is 2.37. The molecule has 0 unspecified atom stereocenters. The molecule has 0 aliphatic rings. The van der Waals surface area contributed by atoms with Gasteiger partial charge in [0.2, 0.25) is 0 Å². The molecule has 2 rings (SSSR count). The molecule has 0 spiro atoms. The summed E-state index contributed by atoms with van der Waals surface area (Å²) in [6.07, 6.45) is -4.70. The number of amides is 1. The van der Waals surface area contributed by atoms with E-state index in [4.69, 9.17) is 0 Å². The number of phenols is 1. The molecule has 0 saturated carbocycles. The minimum absolute atomic E-state index is 0.464. The van der Waals surface area contributed by atoms with Gasteiger partial charge in [-0.1, -0.05) is 6.07 Å². The van der Waals surface area contributed by atoms with Gasteiger partial charge in [0.15, 0.2) is 0 Å². The number of hydrogen-bond acceptors (Lipinski definition) is 2. The van der Waals surface area contributed by atoms with Gasteiger partial charge in [0.05, 0.1) is 11.3 Å². The van der Waals surface area contributed by atoms with Gasteiger partial charge in [-0.3, -0.25) is 4.79 Å². The van der Waals surface area contributed by atoms with Gasteiger partial charge >= 0.3 is 6.18 Å². The minimum Gasteiger partial charge on any atom is -0.506 e. The second kappa shape index (κ2) is 5.63. The van der Waals surface area contributed by atoms with Gasteiger partial charge in [0.25, 0.3) is 5.91 Å². The van der Waals surface area contributed by atoms with Crippen LogP contribution in [0.5, 0.6) is 5.75 Å². The Morgan fingerprint density at radius 1 is 1.05 bits per heavy atom. The van der Waals surface area contributed by atoms with Gasteiger partial charge < -0.3 is 10.4 Å². The SMILES string of the molecule is O=C(Nc1cc(C(F)(F)F)ccc1O)c1c(F)cccc1F. The Kier molecular flexibility index (Phi) is 4.03. The lowest BCUT2D eigenvalue weighted by Gasteiger charge is -2.12. The molecule has 0 radical (unpaired) electrons. The molecule has 2 aromatic rings. The summed E-state index contributed by atoms with van der Waals surface area (Å²) in [7, 11) is 0. The summed E-state index contributed by atoms with van der Waals surface area (Å²) >= 11 is 0.